The third kappa shape index (κ3) is 4.14. The van der Waals surface area contributed by atoms with Gasteiger partial charge in [0.25, 0.3) is 0 Å². The van der Waals surface area contributed by atoms with Crippen molar-refractivity contribution >= 4 is 17.1 Å². The van der Waals surface area contributed by atoms with Crippen molar-refractivity contribution in [1.29, 1.82) is 0 Å². The number of aromatic nitrogens is 3. The number of imidazole rings is 1. The number of pyridine rings is 1. The van der Waals surface area contributed by atoms with Crippen molar-refractivity contribution in [3.63, 3.8) is 0 Å². The van der Waals surface area contributed by atoms with Crippen molar-refractivity contribution in [2.45, 2.75) is 38.3 Å². The zero-order valence-corrected chi connectivity index (χ0v) is 15.9. The number of para-hydroxylation sites is 2. The standard InChI is InChI=1S/C21H26N6O/c22-21(28)24-12-5-13-27(14-19-25-16-8-1-2-9-17(16)26-19)18-10-3-6-15-7-4-11-23-20(15)18/h1-2,4,7-9,11,18H,3,5-6,10,12-14H2,(H,25,26)(H3,22,24,28). The molecule has 28 heavy (non-hydrogen) atoms. The van der Waals surface area contributed by atoms with Crippen LogP contribution in [0.3, 0.4) is 0 Å². The van der Waals surface area contributed by atoms with Crippen LogP contribution in [0.2, 0.25) is 0 Å². The van der Waals surface area contributed by atoms with E-state index in [4.69, 9.17) is 15.7 Å². The lowest BCUT2D eigenvalue weighted by Crippen LogP contribution is -2.36. The number of fused-ring (bicyclic) bond motifs is 2. The predicted molar refractivity (Wildman–Crippen MR) is 109 cm³/mol. The van der Waals surface area contributed by atoms with Crippen molar-refractivity contribution in [3.05, 3.63) is 59.7 Å². The van der Waals surface area contributed by atoms with E-state index in [0.717, 1.165) is 49.1 Å². The number of nitrogens with one attached hydrogen (secondary N) is 2. The highest BCUT2D eigenvalue weighted by Crippen LogP contribution is 2.33. The number of urea groups is 1. The van der Waals surface area contributed by atoms with E-state index in [1.165, 1.54) is 11.3 Å². The molecule has 7 nitrogen and oxygen atoms in total. The molecule has 0 aliphatic heterocycles. The molecule has 1 aliphatic carbocycles. The van der Waals surface area contributed by atoms with Crippen LogP contribution in [-0.4, -0.2) is 39.0 Å². The Hall–Kier alpha value is -2.93. The lowest BCUT2D eigenvalue weighted by molar-refractivity contribution is 0.160. The van der Waals surface area contributed by atoms with Crippen LogP contribution in [0.5, 0.6) is 0 Å². The zero-order chi connectivity index (χ0) is 19.3. The Labute approximate surface area is 164 Å². The van der Waals surface area contributed by atoms with Gasteiger partial charge in [-0.15, -0.1) is 0 Å². The first-order chi connectivity index (χ1) is 13.7. The van der Waals surface area contributed by atoms with Crippen LogP contribution < -0.4 is 11.1 Å². The van der Waals surface area contributed by atoms with E-state index in [9.17, 15) is 4.79 Å². The van der Waals surface area contributed by atoms with Crippen LogP contribution in [0.1, 0.15) is 42.4 Å². The van der Waals surface area contributed by atoms with E-state index >= 15 is 0 Å². The van der Waals surface area contributed by atoms with Crippen LogP contribution in [0.4, 0.5) is 4.79 Å². The Morgan fingerprint density at radius 1 is 1.29 bits per heavy atom. The van der Waals surface area contributed by atoms with Crippen LogP contribution in [0.25, 0.3) is 11.0 Å². The Morgan fingerprint density at radius 3 is 3.04 bits per heavy atom. The first kappa shape index (κ1) is 18.4. The van der Waals surface area contributed by atoms with Gasteiger partial charge in [0.15, 0.2) is 0 Å². The molecule has 4 rings (SSSR count). The molecular formula is C21H26N6O. The number of hydrogen-bond donors (Lipinski definition) is 3. The summed E-state index contributed by atoms with van der Waals surface area (Å²) in [5.41, 5.74) is 9.74. The Morgan fingerprint density at radius 2 is 2.18 bits per heavy atom. The zero-order valence-electron chi connectivity index (χ0n) is 15.9. The van der Waals surface area contributed by atoms with E-state index in [1.54, 1.807) is 0 Å². The van der Waals surface area contributed by atoms with Gasteiger partial charge in [0.2, 0.25) is 0 Å². The lowest BCUT2D eigenvalue weighted by atomic mass is 9.90. The average molecular weight is 378 g/mol. The smallest absolute Gasteiger partial charge is 0.312 e. The third-order valence-corrected chi connectivity index (χ3v) is 5.32. The average Bonchev–Trinajstić information content (AvgIpc) is 3.12. The number of nitrogens with zero attached hydrogens (tertiary/aromatic N) is 3. The highest BCUT2D eigenvalue weighted by atomic mass is 16.2. The highest BCUT2D eigenvalue weighted by molar-refractivity contribution is 5.74. The molecule has 0 bridgehead atoms. The largest absolute Gasteiger partial charge is 0.352 e. The van der Waals surface area contributed by atoms with E-state index in [0.29, 0.717) is 13.1 Å². The van der Waals surface area contributed by atoms with Crippen molar-refractivity contribution in [1.82, 2.24) is 25.2 Å². The molecular weight excluding hydrogens is 352 g/mol. The molecule has 2 heterocycles. The molecule has 4 N–H and O–H groups in total. The fraction of sp³-hybridized carbons (Fsp3) is 0.381. The number of rotatable bonds is 7. The summed E-state index contributed by atoms with van der Waals surface area (Å²) in [4.78, 5) is 26.3. The molecule has 2 amide bonds. The number of hydrogen-bond acceptors (Lipinski definition) is 4. The minimum Gasteiger partial charge on any atom is -0.352 e. The first-order valence-electron chi connectivity index (χ1n) is 9.85. The van der Waals surface area contributed by atoms with E-state index < -0.39 is 6.03 Å². The highest BCUT2D eigenvalue weighted by Gasteiger charge is 2.27. The summed E-state index contributed by atoms with van der Waals surface area (Å²) in [6, 6.07) is 12.1. The Bertz CT molecular complexity index is 920. The first-order valence-corrected chi connectivity index (χ1v) is 9.85. The molecule has 1 atom stereocenters. The number of carbonyl (C=O) groups excluding carboxylic acids is 1. The fourth-order valence-corrected chi connectivity index (χ4v) is 4.05. The van der Waals surface area contributed by atoms with Crippen LogP contribution in [-0.2, 0) is 13.0 Å². The number of primary amides is 1. The van der Waals surface area contributed by atoms with Crippen molar-refractivity contribution in [3.8, 4) is 0 Å². The normalized spacial score (nSPS) is 16.2. The minimum atomic E-state index is -0.478. The molecule has 0 fully saturated rings. The van der Waals surface area contributed by atoms with Gasteiger partial charge in [0, 0.05) is 19.3 Å². The number of aromatic amines is 1. The molecule has 2 aromatic heterocycles. The predicted octanol–water partition coefficient (Wildman–Crippen LogP) is 2.90. The second-order valence-corrected chi connectivity index (χ2v) is 7.27. The van der Waals surface area contributed by atoms with Gasteiger partial charge < -0.3 is 16.0 Å². The van der Waals surface area contributed by atoms with Crippen LogP contribution in [0.15, 0.2) is 42.6 Å². The van der Waals surface area contributed by atoms with Gasteiger partial charge in [-0.05, 0) is 49.4 Å². The molecule has 146 valence electrons. The number of nitrogens with two attached hydrogens (primary N) is 1. The number of H-pyrrole nitrogens is 1. The molecule has 0 saturated heterocycles. The van der Waals surface area contributed by atoms with Gasteiger partial charge in [-0.2, -0.15) is 0 Å². The molecule has 7 heteroatoms. The third-order valence-electron chi connectivity index (χ3n) is 5.32. The summed E-state index contributed by atoms with van der Waals surface area (Å²) < 4.78 is 0. The summed E-state index contributed by atoms with van der Waals surface area (Å²) in [6.45, 7) is 2.11. The number of aryl methyl sites for hydroxylation is 1. The summed E-state index contributed by atoms with van der Waals surface area (Å²) >= 11 is 0. The number of amides is 2. The summed E-state index contributed by atoms with van der Waals surface area (Å²) in [7, 11) is 0. The van der Waals surface area contributed by atoms with Gasteiger partial charge in [-0.1, -0.05) is 18.2 Å². The lowest BCUT2D eigenvalue weighted by Gasteiger charge is -2.34. The maximum atomic E-state index is 11.0. The maximum absolute atomic E-state index is 11.0. The SMILES string of the molecule is NC(=O)NCCCN(Cc1nc2ccccc2[nH]1)C1CCCc2cccnc21. The van der Waals surface area contributed by atoms with E-state index in [2.05, 4.69) is 21.3 Å². The van der Waals surface area contributed by atoms with E-state index in [-0.39, 0.29) is 6.04 Å². The monoisotopic (exact) mass is 378 g/mol. The second kappa shape index (κ2) is 8.39. The molecule has 0 radical (unpaired) electrons. The van der Waals surface area contributed by atoms with Gasteiger partial charge in [0.05, 0.1) is 29.3 Å². The number of carbonyl (C=O) groups is 1. The molecule has 0 spiro atoms. The fourth-order valence-electron chi connectivity index (χ4n) is 4.05. The molecule has 3 aromatic rings. The van der Waals surface area contributed by atoms with Gasteiger partial charge in [0.1, 0.15) is 5.82 Å². The molecule has 1 aliphatic rings. The summed E-state index contributed by atoms with van der Waals surface area (Å²) in [5, 5.41) is 2.68. The Balaban J connectivity index is 1.56. The van der Waals surface area contributed by atoms with Crippen molar-refractivity contribution < 1.29 is 4.79 Å². The minimum absolute atomic E-state index is 0.256. The van der Waals surface area contributed by atoms with Crippen molar-refractivity contribution in [2.75, 3.05) is 13.1 Å². The molecule has 1 unspecified atom stereocenters. The molecule has 1 aromatic carbocycles. The second-order valence-electron chi connectivity index (χ2n) is 7.27. The Kier molecular flexibility index (Phi) is 5.53. The van der Waals surface area contributed by atoms with Gasteiger partial charge in [-0.3, -0.25) is 9.88 Å². The van der Waals surface area contributed by atoms with Gasteiger partial charge >= 0.3 is 6.03 Å². The van der Waals surface area contributed by atoms with Crippen LogP contribution >= 0.6 is 0 Å². The van der Waals surface area contributed by atoms with E-state index in [1.807, 2.05) is 36.5 Å². The summed E-state index contributed by atoms with van der Waals surface area (Å²) in [6.07, 6.45) is 6.02. The van der Waals surface area contributed by atoms with Crippen molar-refractivity contribution in [2.24, 2.45) is 5.73 Å². The quantitative estimate of drug-likeness (QED) is 0.550. The van der Waals surface area contributed by atoms with Crippen LogP contribution in [0, 0.1) is 0 Å². The molecule has 0 saturated carbocycles. The topological polar surface area (TPSA) is 99.9 Å². The number of benzene rings is 1. The maximum Gasteiger partial charge on any atom is 0.312 e. The van der Waals surface area contributed by atoms with Gasteiger partial charge in [-0.25, -0.2) is 9.78 Å². The summed E-state index contributed by atoms with van der Waals surface area (Å²) in [5.74, 6) is 0.951.